The largest absolute Gasteiger partial charge is 0.490 e. The predicted octanol–water partition coefficient (Wildman–Crippen LogP) is 5.53. The van der Waals surface area contributed by atoms with E-state index in [1.807, 2.05) is 19.1 Å². The molecule has 0 bridgehead atoms. The lowest BCUT2D eigenvalue weighted by molar-refractivity contribution is 0.270. The molecular weight excluding hydrogens is 412 g/mol. The van der Waals surface area contributed by atoms with Crippen LogP contribution in [0.2, 0.25) is 0 Å². The molecular formula is C24H34N2O4S. The molecule has 0 amide bonds. The minimum atomic E-state index is -3.69. The number of unbranched alkanes of at least 4 members (excludes halogenated alkanes) is 6. The number of nitrogens with zero attached hydrogens (tertiary/aromatic N) is 1. The van der Waals surface area contributed by atoms with Crippen molar-refractivity contribution in [3.8, 4) is 11.5 Å². The average Bonchev–Trinajstić information content (AvgIpc) is 2.77. The lowest BCUT2D eigenvalue weighted by Crippen LogP contribution is -2.18. The summed E-state index contributed by atoms with van der Waals surface area (Å²) in [5.41, 5.74) is 0.711. The van der Waals surface area contributed by atoms with Crippen LogP contribution in [0.4, 0.5) is 0 Å². The van der Waals surface area contributed by atoms with Crippen molar-refractivity contribution < 1.29 is 17.9 Å². The quantitative estimate of drug-likeness (QED) is 0.222. The molecule has 0 unspecified atom stereocenters. The molecule has 0 saturated carbocycles. The van der Waals surface area contributed by atoms with Gasteiger partial charge in [-0.1, -0.05) is 63.6 Å². The summed E-state index contributed by atoms with van der Waals surface area (Å²) in [5.74, 6) is 1.31. The van der Waals surface area contributed by atoms with Crippen LogP contribution in [0.1, 0.15) is 64.4 Å². The molecule has 7 heteroatoms. The number of nitrogens with one attached hydrogen (secondary N) is 1. The highest BCUT2D eigenvalue weighted by atomic mass is 32.2. The van der Waals surface area contributed by atoms with Crippen molar-refractivity contribution in [1.82, 2.24) is 4.83 Å². The second-order valence-corrected chi connectivity index (χ2v) is 8.94. The fourth-order valence-electron chi connectivity index (χ4n) is 3.06. The molecule has 0 aliphatic rings. The second kappa shape index (κ2) is 13.7. The van der Waals surface area contributed by atoms with E-state index in [9.17, 15) is 8.42 Å². The van der Waals surface area contributed by atoms with E-state index in [0.717, 1.165) is 6.42 Å². The van der Waals surface area contributed by atoms with Gasteiger partial charge >= 0.3 is 0 Å². The Balaban J connectivity index is 1.88. The van der Waals surface area contributed by atoms with Gasteiger partial charge in [0.2, 0.25) is 0 Å². The minimum absolute atomic E-state index is 0.163. The highest BCUT2D eigenvalue weighted by molar-refractivity contribution is 7.89. The van der Waals surface area contributed by atoms with Crippen LogP contribution in [0.5, 0.6) is 11.5 Å². The predicted molar refractivity (Wildman–Crippen MR) is 125 cm³/mol. The zero-order valence-corrected chi connectivity index (χ0v) is 19.4. The summed E-state index contributed by atoms with van der Waals surface area (Å²) in [6.45, 7) is 5.30. The van der Waals surface area contributed by atoms with Gasteiger partial charge in [-0.2, -0.15) is 13.5 Å². The van der Waals surface area contributed by atoms with Gasteiger partial charge in [-0.3, -0.25) is 0 Å². The van der Waals surface area contributed by atoms with Gasteiger partial charge in [0, 0.05) is 0 Å². The third-order valence-corrected chi connectivity index (χ3v) is 5.95. The molecule has 2 aromatic rings. The molecule has 0 aromatic heterocycles. The van der Waals surface area contributed by atoms with Crippen molar-refractivity contribution in [3.05, 3.63) is 54.1 Å². The summed E-state index contributed by atoms with van der Waals surface area (Å²) in [5, 5.41) is 3.88. The van der Waals surface area contributed by atoms with Crippen LogP contribution in [-0.2, 0) is 10.0 Å². The molecule has 0 radical (unpaired) electrons. The SMILES string of the molecule is CCCCCCCCCOc1ccc(/C=N/NS(=O)(=O)c2ccccc2)cc1OCC. The molecule has 0 aliphatic heterocycles. The fraction of sp³-hybridized carbons (Fsp3) is 0.458. The van der Waals surface area contributed by atoms with E-state index in [2.05, 4.69) is 16.9 Å². The summed E-state index contributed by atoms with van der Waals surface area (Å²) < 4.78 is 36.0. The van der Waals surface area contributed by atoms with E-state index < -0.39 is 10.0 Å². The van der Waals surface area contributed by atoms with E-state index >= 15 is 0 Å². The molecule has 0 saturated heterocycles. The Kier molecular flexibility index (Phi) is 10.9. The summed E-state index contributed by atoms with van der Waals surface area (Å²) in [6, 6.07) is 13.6. The standard InChI is InChI=1S/C24H34N2O4S/c1-3-5-6-7-8-9-13-18-30-23-17-16-21(19-24(23)29-4-2)20-25-26-31(27,28)22-14-11-10-12-15-22/h10-12,14-17,19-20,26H,3-9,13,18H2,1-2H3/b25-20+. The fourth-order valence-corrected chi connectivity index (χ4v) is 3.87. The van der Waals surface area contributed by atoms with Gasteiger partial charge in [-0.15, -0.1) is 0 Å². The smallest absolute Gasteiger partial charge is 0.276 e. The topological polar surface area (TPSA) is 77.0 Å². The van der Waals surface area contributed by atoms with Crippen LogP contribution in [0, 0.1) is 0 Å². The lowest BCUT2D eigenvalue weighted by Gasteiger charge is -2.12. The van der Waals surface area contributed by atoms with E-state index in [4.69, 9.17) is 9.47 Å². The van der Waals surface area contributed by atoms with Crippen molar-refractivity contribution >= 4 is 16.2 Å². The van der Waals surface area contributed by atoms with Crippen LogP contribution < -0.4 is 14.3 Å². The summed E-state index contributed by atoms with van der Waals surface area (Å²) in [6.07, 6.45) is 10.1. The number of hydrogen-bond acceptors (Lipinski definition) is 5. The normalized spacial score (nSPS) is 11.5. The molecule has 170 valence electrons. The molecule has 0 spiro atoms. The van der Waals surface area contributed by atoms with Crippen molar-refractivity contribution in [2.24, 2.45) is 5.10 Å². The summed E-state index contributed by atoms with van der Waals surface area (Å²) >= 11 is 0. The van der Waals surface area contributed by atoms with Crippen molar-refractivity contribution in [1.29, 1.82) is 0 Å². The van der Waals surface area contributed by atoms with E-state index in [1.54, 1.807) is 24.3 Å². The number of benzene rings is 2. The van der Waals surface area contributed by atoms with Crippen LogP contribution in [0.25, 0.3) is 0 Å². The second-order valence-electron chi connectivity index (χ2n) is 7.27. The van der Waals surface area contributed by atoms with Gasteiger partial charge < -0.3 is 9.47 Å². The number of sulfonamides is 1. The van der Waals surface area contributed by atoms with Gasteiger partial charge in [0.15, 0.2) is 11.5 Å². The molecule has 2 rings (SSSR count). The summed E-state index contributed by atoms with van der Waals surface area (Å²) in [4.78, 5) is 2.39. The van der Waals surface area contributed by atoms with Gasteiger partial charge in [0.25, 0.3) is 10.0 Å². The average molecular weight is 447 g/mol. The molecule has 31 heavy (non-hydrogen) atoms. The number of hydrazone groups is 1. The maximum Gasteiger partial charge on any atom is 0.276 e. The Hall–Kier alpha value is -2.54. The van der Waals surface area contributed by atoms with Gasteiger partial charge in [0.05, 0.1) is 24.3 Å². The number of hydrogen-bond donors (Lipinski definition) is 1. The molecule has 6 nitrogen and oxygen atoms in total. The molecule has 0 atom stereocenters. The Morgan fingerprint density at radius 1 is 0.871 bits per heavy atom. The zero-order valence-electron chi connectivity index (χ0n) is 18.5. The molecule has 0 fully saturated rings. The molecule has 1 N–H and O–H groups in total. The lowest BCUT2D eigenvalue weighted by atomic mass is 10.1. The van der Waals surface area contributed by atoms with Crippen LogP contribution in [0.15, 0.2) is 58.5 Å². The molecule has 0 aliphatic carbocycles. The maximum atomic E-state index is 12.2. The summed E-state index contributed by atoms with van der Waals surface area (Å²) in [7, 11) is -3.69. The Labute approximate surface area is 186 Å². The van der Waals surface area contributed by atoms with Crippen molar-refractivity contribution in [2.45, 2.75) is 63.7 Å². The van der Waals surface area contributed by atoms with Crippen LogP contribution in [-0.4, -0.2) is 27.8 Å². The monoisotopic (exact) mass is 446 g/mol. The van der Waals surface area contributed by atoms with Gasteiger partial charge in [-0.05, 0) is 49.2 Å². The first-order chi connectivity index (χ1) is 15.1. The maximum absolute atomic E-state index is 12.2. The van der Waals surface area contributed by atoms with E-state index in [0.29, 0.717) is 30.3 Å². The van der Waals surface area contributed by atoms with Crippen molar-refractivity contribution in [2.75, 3.05) is 13.2 Å². The molecule has 2 aromatic carbocycles. The third kappa shape index (κ3) is 9.00. The van der Waals surface area contributed by atoms with Gasteiger partial charge in [-0.25, -0.2) is 4.83 Å². The Bertz CT molecular complexity index is 899. The van der Waals surface area contributed by atoms with Crippen LogP contribution >= 0.6 is 0 Å². The number of ether oxygens (including phenoxy) is 2. The van der Waals surface area contributed by atoms with Crippen molar-refractivity contribution in [3.63, 3.8) is 0 Å². The first kappa shape index (κ1) is 24.7. The first-order valence-corrected chi connectivity index (χ1v) is 12.5. The van der Waals surface area contributed by atoms with Gasteiger partial charge in [0.1, 0.15) is 0 Å². The van der Waals surface area contributed by atoms with E-state index in [1.165, 1.54) is 56.9 Å². The Morgan fingerprint density at radius 3 is 2.29 bits per heavy atom. The Morgan fingerprint density at radius 2 is 1.58 bits per heavy atom. The highest BCUT2D eigenvalue weighted by Crippen LogP contribution is 2.28. The minimum Gasteiger partial charge on any atom is -0.490 e. The molecule has 0 heterocycles. The van der Waals surface area contributed by atoms with E-state index in [-0.39, 0.29) is 4.90 Å². The zero-order chi connectivity index (χ0) is 22.4. The van der Waals surface area contributed by atoms with Crippen LogP contribution in [0.3, 0.4) is 0 Å². The number of rotatable bonds is 15. The highest BCUT2D eigenvalue weighted by Gasteiger charge is 2.11. The first-order valence-electron chi connectivity index (χ1n) is 11.1. The third-order valence-electron chi connectivity index (χ3n) is 4.71.